The minimum atomic E-state index is -3.96. The predicted octanol–water partition coefficient (Wildman–Crippen LogP) is -0.818. The second kappa shape index (κ2) is 7.59. The van der Waals surface area contributed by atoms with Crippen molar-refractivity contribution in [3.8, 4) is 0 Å². The monoisotopic (exact) mass is 267 g/mol. The molecule has 0 aromatic heterocycles. The van der Waals surface area contributed by atoms with Crippen molar-refractivity contribution in [3.63, 3.8) is 0 Å². The van der Waals surface area contributed by atoms with Gasteiger partial charge in [-0.3, -0.25) is 4.79 Å². The Balaban J connectivity index is 4.91. The van der Waals surface area contributed by atoms with Crippen LogP contribution in [-0.4, -0.2) is 44.4 Å². The molecule has 4 N–H and O–H groups in total. The van der Waals surface area contributed by atoms with Crippen molar-refractivity contribution >= 4 is 16.2 Å². The highest BCUT2D eigenvalue weighted by atomic mass is 32.2. The first kappa shape index (κ1) is 16.3. The van der Waals surface area contributed by atoms with Gasteiger partial charge in [0.1, 0.15) is 6.04 Å². The number of carbonyl (C=O) groups excluding carboxylic acids is 1. The van der Waals surface area contributed by atoms with Crippen LogP contribution in [0.4, 0.5) is 0 Å². The summed E-state index contributed by atoms with van der Waals surface area (Å²) in [4.78, 5) is 11.6. The first-order chi connectivity index (χ1) is 7.88. The lowest BCUT2D eigenvalue weighted by molar-refractivity contribution is -0.147. The van der Waals surface area contributed by atoms with Crippen LogP contribution in [0.5, 0.6) is 0 Å². The summed E-state index contributed by atoms with van der Waals surface area (Å²) in [7, 11) is -3.96. The van der Waals surface area contributed by atoms with E-state index in [0.29, 0.717) is 6.42 Å². The van der Waals surface area contributed by atoms with Crippen LogP contribution in [0.2, 0.25) is 0 Å². The number of carbonyl (C=O) groups is 1. The Bertz CT molecular complexity index is 331. The van der Waals surface area contributed by atoms with Crippen LogP contribution in [0, 0.1) is 0 Å². The minimum absolute atomic E-state index is 0.154. The van der Waals surface area contributed by atoms with E-state index in [2.05, 4.69) is 0 Å². The average Bonchev–Trinajstić information content (AvgIpc) is 2.22. The second-order valence-corrected chi connectivity index (χ2v) is 5.01. The molecule has 17 heavy (non-hydrogen) atoms. The molecule has 0 aliphatic carbocycles. The fourth-order valence-corrected chi connectivity index (χ4v) is 2.25. The standard InChI is InChI=1S/C9H21N3O4S/c1-3-5-6-12(17(11,14)15)8(7-10)9(13)16-4-2/h8H,3-7,10H2,1-2H3,(H2,11,14,15). The van der Waals surface area contributed by atoms with Gasteiger partial charge in [0, 0.05) is 13.1 Å². The van der Waals surface area contributed by atoms with Gasteiger partial charge in [-0.15, -0.1) is 0 Å². The third kappa shape index (κ3) is 5.44. The molecule has 0 saturated heterocycles. The summed E-state index contributed by atoms with van der Waals surface area (Å²) < 4.78 is 28.4. The number of hydrogen-bond acceptors (Lipinski definition) is 5. The van der Waals surface area contributed by atoms with E-state index in [1.165, 1.54) is 0 Å². The van der Waals surface area contributed by atoms with Crippen LogP contribution in [0.15, 0.2) is 0 Å². The number of ether oxygens (including phenoxy) is 1. The molecule has 0 aromatic carbocycles. The van der Waals surface area contributed by atoms with Crippen LogP contribution in [0.1, 0.15) is 26.7 Å². The summed E-state index contributed by atoms with van der Waals surface area (Å²) in [5.74, 6) is -0.667. The van der Waals surface area contributed by atoms with E-state index in [-0.39, 0.29) is 19.7 Å². The van der Waals surface area contributed by atoms with E-state index in [1.54, 1.807) is 6.92 Å². The molecular weight excluding hydrogens is 246 g/mol. The SMILES string of the molecule is CCCCN(C(CN)C(=O)OCC)S(N)(=O)=O. The van der Waals surface area contributed by atoms with Gasteiger partial charge < -0.3 is 10.5 Å². The zero-order valence-corrected chi connectivity index (χ0v) is 11.1. The molecule has 1 unspecified atom stereocenters. The molecule has 0 saturated carbocycles. The number of hydrogen-bond donors (Lipinski definition) is 2. The van der Waals surface area contributed by atoms with Gasteiger partial charge in [0.25, 0.3) is 10.2 Å². The van der Waals surface area contributed by atoms with Crippen molar-refractivity contribution in [2.75, 3.05) is 19.7 Å². The van der Waals surface area contributed by atoms with Crippen molar-refractivity contribution in [1.29, 1.82) is 0 Å². The highest BCUT2D eigenvalue weighted by molar-refractivity contribution is 7.86. The number of nitrogens with zero attached hydrogens (tertiary/aromatic N) is 1. The molecule has 0 spiro atoms. The van der Waals surface area contributed by atoms with Gasteiger partial charge in [-0.05, 0) is 13.3 Å². The Kier molecular flexibility index (Phi) is 7.28. The van der Waals surface area contributed by atoms with Gasteiger partial charge in [-0.1, -0.05) is 13.3 Å². The first-order valence-electron chi connectivity index (χ1n) is 5.54. The molecule has 0 rings (SSSR count). The fourth-order valence-electron chi connectivity index (χ4n) is 1.34. The minimum Gasteiger partial charge on any atom is -0.465 e. The normalized spacial score (nSPS) is 13.7. The van der Waals surface area contributed by atoms with Gasteiger partial charge in [0.15, 0.2) is 0 Å². The molecular formula is C9H21N3O4S. The summed E-state index contributed by atoms with van der Waals surface area (Å²) in [6.07, 6.45) is 1.39. The maximum Gasteiger partial charge on any atom is 0.325 e. The third-order valence-electron chi connectivity index (χ3n) is 2.19. The molecule has 8 heteroatoms. The Labute approximate surface area is 102 Å². The van der Waals surface area contributed by atoms with Crippen LogP contribution in [0.25, 0.3) is 0 Å². The van der Waals surface area contributed by atoms with Crippen LogP contribution in [0.3, 0.4) is 0 Å². The van der Waals surface area contributed by atoms with E-state index in [0.717, 1.165) is 10.7 Å². The lowest BCUT2D eigenvalue weighted by Gasteiger charge is -2.26. The molecule has 0 aliphatic rings. The predicted molar refractivity (Wildman–Crippen MR) is 64.2 cm³/mol. The largest absolute Gasteiger partial charge is 0.465 e. The van der Waals surface area contributed by atoms with E-state index in [9.17, 15) is 13.2 Å². The van der Waals surface area contributed by atoms with Gasteiger partial charge in [-0.25, -0.2) is 5.14 Å². The Morgan fingerprint density at radius 2 is 2.00 bits per heavy atom. The number of nitrogens with two attached hydrogens (primary N) is 2. The number of esters is 1. The van der Waals surface area contributed by atoms with Crippen molar-refractivity contribution < 1.29 is 17.9 Å². The van der Waals surface area contributed by atoms with Gasteiger partial charge in [-0.2, -0.15) is 12.7 Å². The van der Waals surface area contributed by atoms with E-state index in [4.69, 9.17) is 15.6 Å². The maximum absolute atomic E-state index is 11.6. The third-order valence-corrected chi connectivity index (χ3v) is 3.28. The van der Waals surface area contributed by atoms with Gasteiger partial charge in [0.2, 0.25) is 0 Å². The lowest BCUT2D eigenvalue weighted by Crippen LogP contribution is -2.52. The summed E-state index contributed by atoms with van der Waals surface area (Å²) in [6.45, 7) is 3.72. The van der Waals surface area contributed by atoms with Crippen LogP contribution >= 0.6 is 0 Å². The van der Waals surface area contributed by atoms with Crippen molar-refractivity contribution in [3.05, 3.63) is 0 Å². The zero-order chi connectivity index (χ0) is 13.5. The Hall–Kier alpha value is -0.700. The second-order valence-electron chi connectivity index (χ2n) is 3.51. The summed E-state index contributed by atoms with van der Waals surface area (Å²) >= 11 is 0. The van der Waals surface area contributed by atoms with Crippen molar-refractivity contribution in [2.24, 2.45) is 10.9 Å². The molecule has 0 radical (unpaired) electrons. The lowest BCUT2D eigenvalue weighted by atomic mass is 10.2. The van der Waals surface area contributed by atoms with Crippen LogP contribution in [-0.2, 0) is 19.7 Å². The molecule has 102 valence electrons. The topological polar surface area (TPSA) is 116 Å². The summed E-state index contributed by atoms with van der Waals surface area (Å²) in [6, 6.07) is -1.04. The molecule has 0 heterocycles. The average molecular weight is 267 g/mol. The first-order valence-corrected chi connectivity index (χ1v) is 7.05. The fraction of sp³-hybridized carbons (Fsp3) is 0.889. The molecule has 0 aromatic rings. The molecule has 0 amide bonds. The molecule has 0 aliphatic heterocycles. The van der Waals surface area contributed by atoms with Crippen molar-refractivity contribution in [1.82, 2.24) is 4.31 Å². The molecule has 0 bridgehead atoms. The smallest absolute Gasteiger partial charge is 0.325 e. The van der Waals surface area contributed by atoms with Gasteiger partial charge >= 0.3 is 5.97 Å². The maximum atomic E-state index is 11.6. The summed E-state index contributed by atoms with van der Waals surface area (Å²) in [5.41, 5.74) is 5.41. The number of rotatable bonds is 8. The van der Waals surface area contributed by atoms with E-state index < -0.39 is 22.2 Å². The highest BCUT2D eigenvalue weighted by Crippen LogP contribution is 2.07. The number of unbranched alkanes of at least 4 members (excludes halogenated alkanes) is 1. The molecule has 0 fully saturated rings. The highest BCUT2D eigenvalue weighted by Gasteiger charge is 2.32. The molecule has 7 nitrogen and oxygen atoms in total. The van der Waals surface area contributed by atoms with E-state index >= 15 is 0 Å². The quantitative estimate of drug-likeness (QED) is 0.557. The summed E-state index contributed by atoms with van der Waals surface area (Å²) in [5, 5.41) is 5.07. The Morgan fingerprint density at radius 3 is 2.35 bits per heavy atom. The van der Waals surface area contributed by atoms with Crippen LogP contribution < -0.4 is 10.9 Å². The van der Waals surface area contributed by atoms with E-state index in [1.807, 2.05) is 6.92 Å². The van der Waals surface area contributed by atoms with Gasteiger partial charge in [0.05, 0.1) is 6.61 Å². The zero-order valence-electron chi connectivity index (χ0n) is 10.3. The van der Waals surface area contributed by atoms with Crippen molar-refractivity contribution in [2.45, 2.75) is 32.7 Å². The Morgan fingerprint density at radius 1 is 1.41 bits per heavy atom. The molecule has 1 atom stereocenters.